The van der Waals surface area contributed by atoms with Crippen LogP contribution in [0.5, 0.6) is 0 Å². The van der Waals surface area contributed by atoms with Gasteiger partial charge in [-0.3, -0.25) is 4.40 Å². The highest BCUT2D eigenvalue weighted by atomic mass is 35.5. The van der Waals surface area contributed by atoms with E-state index in [1.807, 2.05) is 24.3 Å². The molecule has 5 heteroatoms. The zero-order chi connectivity index (χ0) is 9.54. The second kappa shape index (κ2) is 2.65. The van der Waals surface area contributed by atoms with E-state index in [-0.39, 0.29) is 0 Å². The molecule has 2 aromatic heterocycles. The average molecular weight is 205 g/mol. The molecular formula is C9H5ClN4. The number of halogens is 1. The van der Waals surface area contributed by atoms with Crippen molar-refractivity contribution in [3.63, 3.8) is 0 Å². The largest absolute Gasteiger partial charge is 0.265 e. The fourth-order valence-electron chi connectivity index (χ4n) is 1.48. The topological polar surface area (TPSA) is 43.1 Å². The van der Waals surface area contributed by atoms with Gasteiger partial charge < -0.3 is 0 Å². The molecule has 14 heavy (non-hydrogen) atoms. The van der Waals surface area contributed by atoms with E-state index in [2.05, 4.69) is 15.2 Å². The molecule has 1 aromatic carbocycles. The molecule has 0 saturated heterocycles. The Balaban J connectivity index is 2.67. The molecule has 0 radical (unpaired) electrons. The highest BCUT2D eigenvalue weighted by Crippen LogP contribution is 2.21. The lowest BCUT2D eigenvalue weighted by atomic mass is 10.2. The van der Waals surface area contributed by atoms with E-state index in [9.17, 15) is 0 Å². The van der Waals surface area contributed by atoms with Gasteiger partial charge in [-0.15, -0.1) is 10.2 Å². The lowest BCUT2D eigenvalue weighted by molar-refractivity contribution is 1.10. The van der Waals surface area contributed by atoms with Crippen molar-refractivity contribution in [2.75, 3.05) is 0 Å². The van der Waals surface area contributed by atoms with Crippen LogP contribution in [0.2, 0.25) is 5.15 Å². The predicted octanol–water partition coefficient (Wildman–Crippen LogP) is 1.93. The molecule has 0 fully saturated rings. The summed E-state index contributed by atoms with van der Waals surface area (Å²) in [5.74, 6) is 0.522. The number of benzene rings is 1. The van der Waals surface area contributed by atoms with E-state index < -0.39 is 0 Å². The maximum absolute atomic E-state index is 6.00. The monoisotopic (exact) mass is 204 g/mol. The van der Waals surface area contributed by atoms with E-state index >= 15 is 0 Å². The maximum Gasteiger partial charge on any atom is 0.256 e. The number of fused-ring (bicyclic) bond motifs is 3. The maximum atomic E-state index is 6.00. The Morgan fingerprint density at radius 3 is 3.00 bits per heavy atom. The zero-order valence-corrected chi connectivity index (χ0v) is 7.81. The minimum atomic E-state index is 0.459. The summed E-state index contributed by atoms with van der Waals surface area (Å²) in [6.45, 7) is 0. The highest BCUT2D eigenvalue weighted by Gasteiger charge is 2.05. The number of nitrogens with zero attached hydrogens (tertiary/aromatic N) is 4. The Morgan fingerprint density at radius 1 is 1.21 bits per heavy atom. The van der Waals surface area contributed by atoms with Crippen molar-refractivity contribution in [3.05, 3.63) is 35.7 Å². The lowest BCUT2D eigenvalue weighted by Gasteiger charge is -2.01. The first-order chi connectivity index (χ1) is 6.86. The molecule has 0 saturated carbocycles. The van der Waals surface area contributed by atoms with Crippen molar-refractivity contribution >= 4 is 28.3 Å². The molecule has 68 valence electrons. The van der Waals surface area contributed by atoms with E-state index in [1.54, 1.807) is 10.7 Å². The van der Waals surface area contributed by atoms with Crippen LogP contribution < -0.4 is 0 Å². The van der Waals surface area contributed by atoms with Gasteiger partial charge in [0.2, 0.25) is 0 Å². The van der Waals surface area contributed by atoms with Crippen LogP contribution in [0.1, 0.15) is 0 Å². The fraction of sp³-hybridized carbons (Fsp3) is 0. The van der Waals surface area contributed by atoms with Crippen LogP contribution in [0.4, 0.5) is 0 Å². The van der Waals surface area contributed by atoms with E-state index in [0.29, 0.717) is 10.9 Å². The average Bonchev–Trinajstić information content (AvgIpc) is 2.66. The Bertz CT molecular complexity index is 616. The smallest absolute Gasteiger partial charge is 0.256 e. The molecule has 3 rings (SSSR count). The summed E-state index contributed by atoms with van der Waals surface area (Å²) >= 11 is 6.00. The van der Waals surface area contributed by atoms with Crippen LogP contribution in [-0.2, 0) is 0 Å². The van der Waals surface area contributed by atoms with Gasteiger partial charge in [-0.1, -0.05) is 23.7 Å². The van der Waals surface area contributed by atoms with Crippen molar-refractivity contribution in [3.8, 4) is 0 Å². The number of para-hydroxylation sites is 1. The SMILES string of the molecule is Clc1nc2nncn2c2ccccc12. The predicted molar refractivity (Wildman–Crippen MR) is 53.3 cm³/mol. The Morgan fingerprint density at radius 2 is 2.07 bits per heavy atom. The first-order valence-electron chi connectivity index (χ1n) is 4.10. The molecule has 0 bridgehead atoms. The van der Waals surface area contributed by atoms with E-state index in [1.165, 1.54) is 0 Å². The first-order valence-corrected chi connectivity index (χ1v) is 4.48. The van der Waals surface area contributed by atoms with Crippen LogP contribution in [0, 0.1) is 0 Å². The number of hydrogen-bond donors (Lipinski definition) is 0. The molecule has 0 aliphatic carbocycles. The summed E-state index contributed by atoms with van der Waals surface area (Å²) in [7, 11) is 0. The molecule has 3 aromatic rings. The molecule has 0 aliphatic heterocycles. The zero-order valence-electron chi connectivity index (χ0n) is 7.05. The number of aromatic nitrogens is 4. The van der Waals surface area contributed by atoms with E-state index in [4.69, 9.17) is 11.6 Å². The molecule has 0 aliphatic rings. The summed E-state index contributed by atoms with van der Waals surface area (Å²) in [6, 6.07) is 7.74. The van der Waals surface area contributed by atoms with Crippen molar-refractivity contribution in [1.82, 2.24) is 19.6 Å². The van der Waals surface area contributed by atoms with Gasteiger partial charge in [-0.25, -0.2) is 0 Å². The van der Waals surface area contributed by atoms with Gasteiger partial charge in [0.25, 0.3) is 5.78 Å². The molecule has 0 amide bonds. The van der Waals surface area contributed by atoms with Crippen LogP contribution in [-0.4, -0.2) is 19.6 Å². The highest BCUT2D eigenvalue weighted by molar-refractivity contribution is 6.34. The summed E-state index contributed by atoms with van der Waals surface area (Å²) in [4.78, 5) is 4.12. The van der Waals surface area contributed by atoms with E-state index in [0.717, 1.165) is 10.9 Å². The second-order valence-electron chi connectivity index (χ2n) is 2.92. The first kappa shape index (κ1) is 7.70. The van der Waals surface area contributed by atoms with Crippen molar-refractivity contribution in [2.24, 2.45) is 0 Å². The Hall–Kier alpha value is -1.68. The standard InChI is InChI=1S/C9H5ClN4/c10-8-6-3-1-2-4-7(6)14-5-11-13-9(14)12-8/h1-5H. The van der Waals surface area contributed by atoms with Crippen LogP contribution in [0.15, 0.2) is 30.6 Å². The normalized spacial score (nSPS) is 11.2. The minimum Gasteiger partial charge on any atom is -0.265 e. The van der Waals surface area contributed by atoms with Gasteiger partial charge in [0.05, 0.1) is 5.52 Å². The van der Waals surface area contributed by atoms with Gasteiger partial charge in [0.15, 0.2) is 0 Å². The molecule has 4 nitrogen and oxygen atoms in total. The van der Waals surface area contributed by atoms with Crippen LogP contribution in [0.3, 0.4) is 0 Å². The third-order valence-electron chi connectivity index (χ3n) is 2.11. The molecule has 2 heterocycles. The van der Waals surface area contributed by atoms with Gasteiger partial charge in [0.1, 0.15) is 11.5 Å². The summed E-state index contributed by atoms with van der Waals surface area (Å²) in [6.07, 6.45) is 1.63. The molecule has 0 N–H and O–H groups in total. The summed E-state index contributed by atoms with van der Waals surface area (Å²) < 4.78 is 1.81. The molecule has 0 unspecified atom stereocenters. The van der Waals surface area contributed by atoms with Gasteiger partial charge in [-0.2, -0.15) is 4.98 Å². The third kappa shape index (κ3) is 0.914. The third-order valence-corrected chi connectivity index (χ3v) is 2.40. The van der Waals surface area contributed by atoms with Crippen molar-refractivity contribution < 1.29 is 0 Å². The van der Waals surface area contributed by atoms with Crippen molar-refractivity contribution in [2.45, 2.75) is 0 Å². The molecular weight excluding hydrogens is 200 g/mol. The fourth-order valence-corrected chi connectivity index (χ4v) is 1.72. The molecule has 0 atom stereocenters. The summed E-state index contributed by atoms with van der Waals surface area (Å²) in [5.41, 5.74) is 0.965. The Labute approximate surface area is 84.2 Å². The Kier molecular flexibility index (Phi) is 1.46. The minimum absolute atomic E-state index is 0.459. The molecule has 0 spiro atoms. The van der Waals surface area contributed by atoms with Gasteiger partial charge in [0, 0.05) is 5.39 Å². The van der Waals surface area contributed by atoms with Crippen LogP contribution >= 0.6 is 11.6 Å². The quantitative estimate of drug-likeness (QED) is 0.526. The van der Waals surface area contributed by atoms with Gasteiger partial charge in [-0.05, 0) is 12.1 Å². The number of hydrogen-bond acceptors (Lipinski definition) is 3. The second-order valence-corrected chi connectivity index (χ2v) is 3.28. The lowest BCUT2D eigenvalue weighted by Crippen LogP contribution is -1.91. The van der Waals surface area contributed by atoms with Crippen molar-refractivity contribution in [1.29, 1.82) is 0 Å². The summed E-state index contributed by atoms with van der Waals surface area (Å²) in [5, 5.41) is 8.99. The van der Waals surface area contributed by atoms with Gasteiger partial charge >= 0.3 is 0 Å². The van der Waals surface area contributed by atoms with Crippen LogP contribution in [0.25, 0.3) is 16.7 Å². The number of rotatable bonds is 0.